The summed E-state index contributed by atoms with van der Waals surface area (Å²) in [6.45, 7) is 2.19. The van der Waals surface area contributed by atoms with Gasteiger partial charge in [0.25, 0.3) is 5.91 Å². The SMILES string of the molecule is COc1ccc(/C=C2\SC(=Nc3ccc(C)cc3)NC2=O)cc1OCc1c(Cl)cccc1Cl. The number of carbonyl (C=O) groups excluding carboxylic acids is 1. The minimum atomic E-state index is -0.202. The van der Waals surface area contributed by atoms with E-state index in [1.165, 1.54) is 11.8 Å². The first kappa shape index (κ1) is 23.2. The van der Waals surface area contributed by atoms with Gasteiger partial charge in [0.05, 0.1) is 17.7 Å². The molecular weight excluding hydrogens is 479 g/mol. The van der Waals surface area contributed by atoms with Gasteiger partial charge in [-0.05, 0) is 66.7 Å². The first-order valence-corrected chi connectivity index (χ1v) is 11.6. The van der Waals surface area contributed by atoms with Crippen LogP contribution in [-0.4, -0.2) is 18.2 Å². The molecule has 0 radical (unpaired) electrons. The van der Waals surface area contributed by atoms with Gasteiger partial charge < -0.3 is 14.8 Å². The lowest BCUT2D eigenvalue weighted by molar-refractivity contribution is -0.115. The molecule has 1 aliphatic heterocycles. The van der Waals surface area contributed by atoms with Crippen LogP contribution in [0.3, 0.4) is 0 Å². The Balaban J connectivity index is 1.54. The topological polar surface area (TPSA) is 59.9 Å². The molecule has 1 saturated heterocycles. The monoisotopic (exact) mass is 498 g/mol. The third-order valence-corrected chi connectivity index (χ3v) is 6.45. The molecule has 168 valence electrons. The molecule has 5 nitrogen and oxygen atoms in total. The molecule has 0 spiro atoms. The van der Waals surface area contributed by atoms with E-state index >= 15 is 0 Å². The maximum atomic E-state index is 12.5. The molecule has 0 bridgehead atoms. The van der Waals surface area contributed by atoms with Gasteiger partial charge in [-0.2, -0.15) is 0 Å². The van der Waals surface area contributed by atoms with E-state index in [4.69, 9.17) is 32.7 Å². The number of nitrogens with zero attached hydrogens (tertiary/aromatic N) is 1. The molecule has 0 aliphatic carbocycles. The molecule has 1 amide bonds. The van der Waals surface area contributed by atoms with E-state index in [9.17, 15) is 4.79 Å². The summed E-state index contributed by atoms with van der Waals surface area (Å²) in [4.78, 5) is 17.5. The van der Waals surface area contributed by atoms with Crippen LogP contribution in [0.4, 0.5) is 5.69 Å². The number of thioether (sulfide) groups is 1. The van der Waals surface area contributed by atoms with Gasteiger partial charge in [0.15, 0.2) is 16.7 Å². The van der Waals surface area contributed by atoms with Crippen LogP contribution in [0.25, 0.3) is 6.08 Å². The molecule has 0 unspecified atom stereocenters. The summed E-state index contributed by atoms with van der Waals surface area (Å²) in [5.74, 6) is 0.872. The van der Waals surface area contributed by atoms with Crippen molar-refractivity contribution in [1.82, 2.24) is 5.32 Å². The number of hydrogen-bond donors (Lipinski definition) is 1. The van der Waals surface area contributed by atoms with E-state index in [0.717, 1.165) is 16.8 Å². The highest BCUT2D eigenvalue weighted by Crippen LogP contribution is 2.34. The number of amidine groups is 1. The molecule has 0 aromatic heterocycles. The number of halogens is 2. The highest BCUT2D eigenvalue weighted by Gasteiger charge is 2.24. The van der Waals surface area contributed by atoms with Crippen LogP contribution >= 0.6 is 35.0 Å². The summed E-state index contributed by atoms with van der Waals surface area (Å²) in [5.41, 5.74) is 3.40. The number of hydrogen-bond acceptors (Lipinski definition) is 5. The summed E-state index contributed by atoms with van der Waals surface area (Å²) in [6.07, 6.45) is 1.78. The number of methoxy groups -OCH3 is 1. The van der Waals surface area contributed by atoms with Gasteiger partial charge in [0, 0.05) is 15.6 Å². The van der Waals surface area contributed by atoms with Crippen LogP contribution in [0.2, 0.25) is 10.0 Å². The second-order valence-corrected chi connectivity index (χ2v) is 9.06. The molecule has 1 heterocycles. The second kappa shape index (κ2) is 10.3. The molecule has 1 aliphatic rings. The van der Waals surface area contributed by atoms with Crippen LogP contribution < -0.4 is 14.8 Å². The molecule has 1 N–H and O–H groups in total. The van der Waals surface area contributed by atoms with Gasteiger partial charge in [0.1, 0.15) is 6.61 Å². The van der Waals surface area contributed by atoms with Gasteiger partial charge in [0.2, 0.25) is 0 Å². The normalized spacial score (nSPS) is 15.7. The Bertz CT molecular complexity index is 1240. The van der Waals surface area contributed by atoms with E-state index in [0.29, 0.717) is 37.2 Å². The van der Waals surface area contributed by atoms with E-state index < -0.39 is 0 Å². The van der Waals surface area contributed by atoms with Crippen molar-refractivity contribution in [3.8, 4) is 11.5 Å². The van der Waals surface area contributed by atoms with Crippen LogP contribution in [0.1, 0.15) is 16.7 Å². The fraction of sp³-hybridized carbons (Fsp3) is 0.120. The van der Waals surface area contributed by atoms with Crippen LogP contribution in [0, 0.1) is 6.92 Å². The van der Waals surface area contributed by atoms with Gasteiger partial charge in [-0.1, -0.05) is 53.0 Å². The number of aliphatic imine (C=N–C) groups is 1. The van der Waals surface area contributed by atoms with E-state index in [1.54, 1.807) is 43.5 Å². The Morgan fingerprint density at radius 2 is 1.76 bits per heavy atom. The highest BCUT2D eigenvalue weighted by atomic mass is 35.5. The highest BCUT2D eigenvalue weighted by molar-refractivity contribution is 8.18. The number of benzene rings is 3. The zero-order valence-corrected chi connectivity index (χ0v) is 20.2. The average Bonchev–Trinajstić information content (AvgIpc) is 3.13. The summed E-state index contributed by atoms with van der Waals surface area (Å²) in [7, 11) is 1.57. The Morgan fingerprint density at radius 1 is 1.03 bits per heavy atom. The molecule has 4 rings (SSSR count). The van der Waals surface area contributed by atoms with E-state index in [1.807, 2.05) is 37.3 Å². The van der Waals surface area contributed by atoms with Gasteiger partial charge in [-0.15, -0.1) is 0 Å². The molecule has 0 saturated carbocycles. The van der Waals surface area contributed by atoms with Crippen molar-refractivity contribution in [2.75, 3.05) is 7.11 Å². The first-order valence-electron chi connectivity index (χ1n) is 10.0. The Hall–Kier alpha value is -2.93. The molecule has 33 heavy (non-hydrogen) atoms. The standard InChI is InChI=1S/C25H20Cl2N2O3S/c1-15-6-9-17(10-7-15)28-25-29-24(30)23(33-25)13-16-8-11-21(31-2)22(12-16)32-14-18-19(26)4-3-5-20(18)27/h3-13H,14H2,1-2H3,(H,28,29,30)/b23-13-. The summed E-state index contributed by atoms with van der Waals surface area (Å²) in [6, 6.07) is 18.5. The van der Waals surface area contributed by atoms with E-state index in [2.05, 4.69) is 10.3 Å². The fourth-order valence-corrected chi connectivity index (χ4v) is 4.43. The molecule has 1 fully saturated rings. The van der Waals surface area contributed by atoms with Crippen molar-refractivity contribution in [1.29, 1.82) is 0 Å². The van der Waals surface area contributed by atoms with Crippen molar-refractivity contribution in [2.24, 2.45) is 4.99 Å². The van der Waals surface area contributed by atoms with E-state index in [-0.39, 0.29) is 12.5 Å². The zero-order chi connectivity index (χ0) is 23.4. The van der Waals surface area contributed by atoms with Gasteiger partial charge in [-0.3, -0.25) is 4.79 Å². The molecule has 0 atom stereocenters. The molecular formula is C25H20Cl2N2O3S. The zero-order valence-electron chi connectivity index (χ0n) is 17.9. The third-order valence-electron chi connectivity index (χ3n) is 4.83. The van der Waals surface area contributed by atoms with Crippen LogP contribution in [0.5, 0.6) is 11.5 Å². The van der Waals surface area contributed by atoms with Gasteiger partial charge in [-0.25, -0.2) is 4.99 Å². The number of amides is 1. The minimum Gasteiger partial charge on any atom is -0.493 e. The average molecular weight is 499 g/mol. The lowest BCUT2D eigenvalue weighted by atomic mass is 10.2. The smallest absolute Gasteiger partial charge is 0.264 e. The van der Waals surface area contributed by atoms with Crippen molar-refractivity contribution in [2.45, 2.75) is 13.5 Å². The van der Waals surface area contributed by atoms with Crippen LogP contribution in [-0.2, 0) is 11.4 Å². The van der Waals surface area contributed by atoms with Crippen molar-refractivity contribution < 1.29 is 14.3 Å². The Morgan fingerprint density at radius 3 is 2.45 bits per heavy atom. The largest absolute Gasteiger partial charge is 0.493 e. The summed E-state index contributed by atoms with van der Waals surface area (Å²) in [5, 5.41) is 4.39. The minimum absolute atomic E-state index is 0.178. The fourth-order valence-electron chi connectivity index (χ4n) is 3.08. The number of carbonyl (C=O) groups is 1. The third kappa shape index (κ3) is 5.71. The predicted octanol–water partition coefficient (Wildman–Crippen LogP) is 6.78. The lowest BCUT2D eigenvalue weighted by Crippen LogP contribution is -2.19. The summed E-state index contributed by atoms with van der Waals surface area (Å²) >= 11 is 13.8. The Kier molecular flexibility index (Phi) is 7.28. The molecule has 3 aromatic rings. The molecule has 8 heteroatoms. The second-order valence-electron chi connectivity index (χ2n) is 7.22. The maximum Gasteiger partial charge on any atom is 0.264 e. The predicted molar refractivity (Wildman–Crippen MR) is 136 cm³/mol. The number of ether oxygens (including phenoxy) is 2. The first-order chi connectivity index (χ1) is 15.9. The van der Waals surface area contributed by atoms with Crippen molar-refractivity contribution >= 4 is 57.8 Å². The lowest BCUT2D eigenvalue weighted by Gasteiger charge is -2.13. The summed E-state index contributed by atoms with van der Waals surface area (Å²) < 4.78 is 11.4. The number of rotatable bonds is 6. The number of nitrogens with one attached hydrogen (secondary N) is 1. The van der Waals surface area contributed by atoms with Crippen LogP contribution in [0.15, 0.2) is 70.6 Å². The molecule has 3 aromatic carbocycles. The maximum absolute atomic E-state index is 12.5. The quantitative estimate of drug-likeness (QED) is 0.380. The van der Waals surface area contributed by atoms with Gasteiger partial charge >= 0.3 is 0 Å². The van der Waals surface area contributed by atoms with Crippen molar-refractivity contribution in [3.63, 3.8) is 0 Å². The number of aryl methyl sites for hydroxylation is 1. The van der Waals surface area contributed by atoms with Crippen molar-refractivity contribution in [3.05, 3.63) is 92.3 Å². The Labute approximate surface area is 206 Å².